The van der Waals surface area contributed by atoms with Crippen molar-refractivity contribution in [2.24, 2.45) is 0 Å². The molecule has 0 amide bonds. The van der Waals surface area contributed by atoms with E-state index in [0.29, 0.717) is 0 Å². The van der Waals surface area contributed by atoms with Crippen LogP contribution in [0.1, 0.15) is 49.3 Å². The molecule has 2 aromatic carbocycles. The largest absolute Gasteiger partial charge is 0.497 e. The van der Waals surface area contributed by atoms with Gasteiger partial charge in [0.25, 0.3) is 0 Å². The summed E-state index contributed by atoms with van der Waals surface area (Å²) in [5.41, 5.74) is 4.93. The van der Waals surface area contributed by atoms with Crippen LogP contribution in [0.15, 0.2) is 42.5 Å². The monoisotopic (exact) mass is 434 g/mol. The molecule has 1 aliphatic heterocycles. The van der Waals surface area contributed by atoms with Crippen molar-refractivity contribution in [1.82, 2.24) is 25.1 Å². The Morgan fingerprint density at radius 1 is 0.938 bits per heavy atom. The number of piperazine rings is 1. The number of benzene rings is 2. The number of hydrogen-bond acceptors (Lipinski definition) is 6. The van der Waals surface area contributed by atoms with E-state index in [1.54, 1.807) is 7.11 Å². The first-order valence-electron chi connectivity index (χ1n) is 11.3. The first-order chi connectivity index (χ1) is 15.3. The molecule has 1 fully saturated rings. The fourth-order valence-corrected chi connectivity index (χ4v) is 4.43. The number of aromatic nitrogens is 4. The molecule has 1 saturated heterocycles. The van der Waals surface area contributed by atoms with Gasteiger partial charge in [-0.1, -0.05) is 24.3 Å². The second-order valence-electron chi connectivity index (χ2n) is 9.61. The zero-order valence-electron chi connectivity index (χ0n) is 20.0. The van der Waals surface area contributed by atoms with Crippen LogP contribution in [0.2, 0.25) is 0 Å². The average Bonchev–Trinajstić information content (AvgIpc) is 3.27. The third-order valence-electron chi connectivity index (χ3n) is 6.19. The molecule has 1 unspecified atom stereocenters. The van der Waals surface area contributed by atoms with Crippen LogP contribution in [0.25, 0.3) is 0 Å². The minimum Gasteiger partial charge on any atom is -0.497 e. The summed E-state index contributed by atoms with van der Waals surface area (Å²) >= 11 is 0. The molecule has 0 aliphatic carbocycles. The highest BCUT2D eigenvalue weighted by molar-refractivity contribution is 5.55. The summed E-state index contributed by atoms with van der Waals surface area (Å²) < 4.78 is 7.34. The van der Waals surface area contributed by atoms with E-state index in [-0.39, 0.29) is 11.6 Å². The standard InChI is InChI=1S/C25H34N6O/c1-18-7-8-19(2)22(17-18)29-13-15-30(16-14-29)23(20-9-11-21(32-6)12-10-20)24-26-27-28-31(24)25(3,4)5/h7-12,17,23H,13-16H2,1-6H3. The first-order valence-corrected chi connectivity index (χ1v) is 11.3. The molecule has 0 radical (unpaired) electrons. The molecule has 0 bridgehead atoms. The first kappa shape index (κ1) is 22.3. The number of ether oxygens (including phenoxy) is 1. The van der Waals surface area contributed by atoms with Gasteiger partial charge in [-0.3, -0.25) is 4.90 Å². The van der Waals surface area contributed by atoms with Gasteiger partial charge in [-0.05, 0) is 79.9 Å². The minimum atomic E-state index is -0.204. The number of aryl methyl sites for hydroxylation is 2. The van der Waals surface area contributed by atoms with Gasteiger partial charge in [0.2, 0.25) is 0 Å². The Hall–Kier alpha value is -2.93. The van der Waals surface area contributed by atoms with Crippen molar-refractivity contribution in [1.29, 1.82) is 0 Å². The maximum atomic E-state index is 5.38. The number of rotatable bonds is 5. The summed E-state index contributed by atoms with van der Waals surface area (Å²) in [5, 5.41) is 12.9. The third kappa shape index (κ3) is 4.48. The fourth-order valence-electron chi connectivity index (χ4n) is 4.43. The highest BCUT2D eigenvalue weighted by atomic mass is 16.5. The van der Waals surface area contributed by atoms with E-state index in [1.165, 1.54) is 22.4 Å². The Morgan fingerprint density at radius 3 is 2.25 bits per heavy atom. The SMILES string of the molecule is COc1ccc(C(c2nnnn2C(C)(C)C)N2CCN(c3cc(C)ccc3C)CC2)cc1. The molecule has 170 valence electrons. The molecular formula is C25H34N6O. The Bertz CT molecular complexity index is 1050. The van der Waals surface area contributed by atoms with Crippen LogP contribution in [-0.4, -0.2) is 58.4 Å². The van der Waals surface area contributed by atoms with Gasteiger partial charge in [0.15, 0.2) is 5.82 Å². The van der Waals surface area contributed by atoms with Crippen LogP contribution in [0.3, 0.4) is 0 Å². The molecule has 1 aliphatic rings. The molecule has 32 heavy (non-hydrogen) atoms. The van der Waals surface area contributed by atoms with E-state index in [0.717, 1.165) is 37.8 Å². The zero-order valence-corrected chi connectivity index (χ0v) is 20.0. The zero-order chi connectivity index (χ0) is 22.9. The molecule has 7 nitrogen and oxygen atoms in total. The molecule has 0 spiro atoms. The van der Waals surface area contributed by atoms with E-state index in [1.807, 2.05) is 16.8 Å². The normalized spacial score (nSPS) is 16.2. The summed E-state index contributed by atoms with van der Waals surface area (Å²) in [6.45, 7) is 14.6. The molecule has 1 aromatic heterocycles. The van der Waals surface area contributed by atoms with Gasteiger partial charge >= 0.3 is 0 Å². The van der Waals surface area contributed by atoms with Gasteiger partial charge in [-0.25, -0.2) is 4.68 Å². The predicted molar refractivity (Wildman–Crippen MR) is 127 cm³/mol. The van der Waals surface area contributed by atoms with Crippen molar-refractivity contribution in [2.45, 2.75) is 46.2 Å². The molecule has 4 rings (SSSR count). The van der Waals surface area contributed by atoms with Crippen molar-refractivity contribution in [3.05, 3.63) is 65.0 Å². The molecular weight excluding hydrogens is 400 g/mol. The van der Waals surface area contributed by atoms with Crippen LogP contribution in [-0.2, 0) is 5.54 Å². The average molecular weight is 435 g/mol. The summed E-state index contributed by atoms with van der Waals surface area (Å²) in [6.07, 6.45) is 0. The fraction of sp³-hybridized carbons (Fsp3) is 0.480. The van der Waals surface area contributed by atoms with Crippen molar-refractivity contribution in [3.63, 3.8) is 0 Å². The van der Waals surface area contributed by atoms with Gasteiger partial charge in [-0.2, -0.15) is 0 Å². The van der Waals surface area contributed by atoms with Crippen LogP contribution < -0.4 is 9.64 Å². The molecule has 7 heteroatoms. The lowest BCUT2D eigenvalue weighted by molar-refractivity contribution is 0.191. The molecule has 0 saturated carbocycles. The van der Waals surface area contributed by atoms with Gasteiger partial charge < -0.3 is 9.64 Å². The lowest BCUT2D eigenvalue weighted by atomic mass is 10.0. The van der Waals surface area contributed by atoms with E-state index < -0.39 is 0 Å². The number of nitrogens with zero attached hydrogens (tertiary/aromatic N) is 6. The topological polar surface area (TPSA) is 59.3 Å². The van der Waals surface area contributed by atoms with Crippen LogP contribution in [0.4, 0.5) is 5.69 Å². The third-order valence-corrected chi connectivity index (χ3v) is 6.19. The maximum Gasteiger partial charge on any atom is 0.173 e. The van der Waals surface area contributed by atoms with Crippen molar-refractivity contribution >= 4 is 5.69 Å². The summed E-state index contributed by atoms with van der Waals surface area (Å²) in [7, 11) is 1.69. The number of methoxy groups -OCH3 is 1. The van der Waals surface area contributed by atoms with Gasteiger partial charge in [0, 0.05) is 31.9 Å². The van der Waals surface area contributed by atoms with E-state index in [9.17, 15) is 0 Å². The molecule has 1 atom stereocenters. The maximum absolute atomic E-state index is 5.38. The molecule has 0 N–H and O–H groups in total. The van der Waals surface area contributed by atoms with E-state index in [4.69, 9.17) is 4.74 Å². The predicted octanol–water partition coefficient (Wildman–Crippen LogP) is 3.97. The quantitative estimate of drug-likeness (QED) is 0.606. The summed E-state index contributed by atoms with van der Waals surface area (Å²) in [4.78, 5) is 4.99. The number of anilines is 1. The van der Waals surface area contributed by atoms with Crippen molar-refractivity contribution < 1.29 is 4.74 Å². The minimum absolute atomic E-state index is 0.0177. The van der Waals surface area contributed by atoms with Gasteiger partial charge in [0.1, 0.15) is 5.75 Å². The lowest BCUT2D eigenvalue weighted by Gasteiger charge is -2.41. The van der Waals surface area contributed by atoms with Crippen LogP contribution in [0.5, 0.6) is 5.75 Å². The van der Waals surface area contributed by atoms with E-state index >= 15 is 0 Å². The second-order valence-corrected chi connectivity index (χ2v) is 9.61. The highest BCUT2D eigenvalue weighted by Gasteiger charge is 2.33. The van der Waals surface area contributed by atoms with Crippen LogP contribution in [0, 0.1) is 13.8 Å². The molecule has 3 aromatic rings. The highest BCUT2D eigenvalue weighted by Crippen LogP contribution is 2.32. The van der Waals surface area contributed by atoms with E-state index in [2.05, 4.69) is 90.3 Å². The van der Waals surface area contributed by atoms with Gasteiger partial charge in [0.05, 0.1) is 18.7 Å². The number of tetrazole rings is 1. The van der Waals surface area contributed by atoms with Crippen molar-refractivity contribution in [3.8, 4) is 5.75 Å². The smallest absolute Gasteiger partial charge is 0.173 e. The Morgan fingerprint density at radius 2 is 1.62 bits per heavy atom. The summed E-state index contributed by atoms with van der Waals surface area (Å²) in [6, 6.07) is 15.0. The van der Waals surface area contributed by atoms with Gasteiger partial charge in [-0.15, -0.1) is 5.10 Å². The van der Waals surface area contributed by atoms with Crippen molar-refractivity contribution in [2.75, 3.05) is 38.2 Å². The van der Waals surface area contributed by atoms with Crippen LogP contribution >= 0.6 is 0 Å². The number of hydrogen-bond donors (Lipinski definition) is 0. The Kier molecular flexibility index (Phi) is 6.20. The summed E-state index contributed by atoms with van der Waals surface area (Å²) in [5.74, 6) is 1.73. The second kappa shape index (κ2) is 8.90. The lowest BCUT2D eigenvalue weighted by Crippen LogP contribution is -2.49. The Labute approximate surface area is 191 Å². The molecule has 2 heterocycles. The Balaban J connectivity index is 1.64.